The summed E-state index contributed by atoms with van der Waals surface area (Å²) in [6.45, 7) is 11.8. The van der Waals surface area contributed by atoms with Crippen LogP contribution in [0.5, 0.6) is 0 Å². The monoisotopic (exact) mass is 324 g/mol. The molecule has 0 aliphatic heterocycles. The van der Waals surface area contributed by atoms with Gasteiger partial charge in [0, 0.05) is 0 Å². The summed E-state index contributed by atoms with van der Waals surface area (Å²) in [4.78, 5) is 0. The van der Waals surface area contributed by atoms with Crippen LogP contribution in [-0.4, -0.2) is 0 Å². The molecule has 0 heteroatoms. The molecule has 0 rings (SSSR count). The van der Waals surface area contributed by atoms with Gasteiger partial charge >= 0.3 is 0 Å². The molecular weight excluding hydrogens is 276 g/mol. The highest BCUT2D eigenvalue weighted by atomic mass is 14.2. The van der Waals surface area contributed by atoms with Gasteiger partial charge in [-0.15, -0.1) is 0 Å². The van der Waals surface area contributed by atoms with Gasteiger partial charge in [0.2, 0.25) is 0 Å². The fourth-order valence-corrected chi connectivity index (χ4v) is 3.83. The van der Waals surface area contributed by atoms with Gasteiger partial charge in [-0.1, -0.05) is 131 Å². The fourth-order valence-electron chi connectivity index (χ4n) is 3.83. The van der Waals surface area contributed by atoms with Crippen molar-refractivity contribution in [2.45, 2.75) is 137 Å². The maximum atomic E-state index is 2.44. The molecular formula is C23H48. The summed E-state index contributed by atoms with van der Waals surface area (Å²) in [5, 5.41) is 0. The largest absolute Gasteiger partial charge is 0.0654 e. The van der Waals surface area contributed by atoms with Crippen LogP contribution in [0.1, 0.15) is 137 Å². The zero-order valence-electron chi connectivity index (χ0n) is 17.4. The first kappa shape index (κ1) is 23.0. The molecule has 1 unspecified atom stereocenters. The lowest BCUT2D eigenvalue weighted by molar-refractivity contribution is 0.291. The lowest BCUT2D eigenvalue weighted by atomic mass is 9.83. The SMILES string of the molecule is CCCCCCCCCCCCCCCCC(C)CC(C)(C)C. The first-order valence-corrected chi connectivity index (χ1v) is 11.0. The third kappa shape index (κ3) is 20.0. The molecule has 0 spiro atoms. The third-order valence-corrected chi connectivity index (χ3v) is 5.01. The second-order valence-corrected chi connectivity index (χ2v) is 9.25. The molecule has 0 aromatic carbocycles. The van der Waals surface area contributed by atoms with Crippen molar-refractivity contribution in [2.75, 3.05) is 0 Å². The molecule has 1 atom stereocenters. The lowest BCUT2D eigenvalue weighted by Crippen LogP contribution is -2.10. The minimum atomic E-state index is 0.509. The summed E-state index contributed by atoms with van der Waals surface area (Å²) in [7, 11) is 0. The van der Waals surface area contributed by atoms with Gasteiger partial charge in [-0.25, -0.2) is 0 Å². The zero-order chi connectivity index (χ0) is 17.4. The van der Waals surface area contributed by atoms with E-state index in [0.29, 0.717) is 5.41 Å². The normalized spacial score (nSPS) is 13.4. The van der Waals surface area contributed by atoms with E-state index in [2.05, 4.69) is 34.6 Å². The van der Waals surface area contributed by atoms with Crippen LogP contribution in [-0.2, 0) is 0 Å². The van der Waals surface area contributed by atoms with E-state index in [-0.39, 0.29) is 0 Å². The molecule has 0 radical (unpaired) electrons. The molecule has 0 nitrogen and oxygen atoms in total. The highest BCUT2D eigenvalue weighted by molar-refractivity contribution is 4.66. The molecule has 0 saturated heterocycles. The fraction of sp³-hybridized carbons (Fsp3) is 1.00. The Balaban J connectivity index is 3.13. The average molecular weight is 325 g/mol. The topological polar surface area (TPSA) is 0 Å². The first-order valence-electron chi connectivity index (χ1n) is 11.0. The highest BCUT2D eigenvalue weighted by Gasteiger charge is 2.14. The second-order valence-electron chi connectivity index (χ2n) is 9.25. The Bertz CT molecular complexity index is 223. The molecule has 140 valence electrons. The van der Waals surface area contributed by atoms with Crippen molar-refractivity contribution in [2.24, 2.45) is 11.3 Å². The molecule has 0 N–H and O–H groups in total. The van der Waals surface area contributed by atoms with Gasteiger partial charge in [0.15, 0.2) is 0 Å². The lowest BCUT2D eigenvalue weighted by Gasteiger charge is -2.23. The molecule has 0 aromatic rings. The van der Waals surface area contributed by atoms with Crippen LogP contribution in [0, 0.1) is 11.3 Å². The minimum absolute atomic E-state index is 0.509. The molecule has 0 aromatic heterocycles. The molecule has 0 saturated carbocycles. The predicted octanol–water partition coefficient (Wildman–Crippen LogP) is 8.93. The van der Waals surface area contributed by atoms with E-state index in [1.54, 1.807) is 0 Å². The average Bonchev–Trinajstić information content (AvgIpc) is 2.46. The van der Waals surface area contributed by atoms with Crippen molar-refractivity contribution < 1.29 is 0 Å². The quantitative estimate of drug-likeness (QED) is 0.248. The van der Waals surface area contributed by atoms with Gasteiger partial charge in [-0.3, -0.25) is 0 Å². The van der Waals surface area contributed by atoms with Crippen molar-refractivity contribution in [1.82, 2.24) is 0 Å². The van der Waals surface area contributed by atoms with E-state index in [1.807, 2.05) is 0 Å². The summed E-state index contributed by atoms with van der Waals surface area (Å²) in [6.07, 6.45) is 23.3. The van der Waals surface area contributed by atoms with Crippen molar-refractivity contribution in [3.63, 3.8) is 0 Å². The number of hydrogen-bond donors (Lipinski definition) is 0. The second kappa shape index (κ2) is 15.5. The van der Waals surface area contributed by atoms with E-state index in [0.717, 1.165) is 5.92 Å². The first-order chi connectivity index (χ1) is 11.0. The highest BCUT2D eigenvalue weighted by Crippen LogP contribution is 2.27. The molecule has 0 amide bonds. The Morgan fingerprint density at radius 3 is 1.26 bits per heavy atom. The third-order valence-electron chi connectivity index (χ3n) is 5.01. The zero-order valence-corrected chi connectivity index (χ0v) is 17.4. The molecule has 0 bridgehead atoms. The van der Waals surface area contributed by atoms with Crippen molar-refractivity contribution >= 4 is 0 Å². The van der Waals surface area contributed by atoms with Gasteiger partial charge in [0.1, 0.15) is 0 Å². The number of rotatable bonds is 16. The van der Waals surface area contributed by atoms with Crippen LogP contribution in [0.4, 0.5) is 0 Å². The molecule has 0 aliphatic rings. The maximum Gasteiger partial charge on any atom is -0.0380 e. The van der Waals surface area contributed by atoms with E-state index in [4.69, 9.17) is 0 Å². The summed E-state index contributed by atoms with van der Waals surface area (Å²) in [5.41, 5.74) is 0.509. The van der Waals surface area contributed by atoms with Crippen LogP contribution in [0.2, 0.25) is 0 Å². The Labute approximate surface area is 149 Å². The minimum Gasteiger partial charge on any atom is -0.0654 e. The van der Waals surface area contributed by atoms with Gasteiger partial charge in [0.05, 0.1) is 0 Å². The van der Waals surface area contributed by atoms with Crippen LogP contribution in [0.3, 0.4) is 0 Å². The molecule has 0 fully saturated rings. The predicted molar refractivity (Wildman–Crippen MR) is 108 cm³/mol. The summed E-state index contributed by atoms with van der Waals surface area (Å²) >= 11 is 0. The van der Waals surface area contributed by atoms with E-state index in [9.17, 15) is 0 Å². The molecule has 0 aliphatic carbocycles. The van der Waals surface area contributed by atoms with Crippen LogP contribution in [0.25, 0.3) is 0 Å². The van der Waals surface area contributed by atoms with Crippen LogP contribution in [0.15, 0.2) is 0 Å². The Kier molecular flexibility index (Phi) is 15.5. The maximum absolute atomic E-state index is 2.44. The van der Waals surface area contributed by atoms with Crippen molar-refractivity contribution in [3.8, 4) is 0 Å². The smallest absolute Gasteiger partial charge is 0.0380 e. The van der Waals surface area contributed by atoms with E-state index >= 15 is 0 Å². The van der Waals surface area contributed by atoms with E-state index < -0.39 is 0 Å². The Hall–Kier alpha value is 0. The van der Waals surface area contributed by atoms with Gasteiger partial charge in [-0.05, 0) is 17.8 Å². The molecule has 0 heterocycles. The van der Waals surface area contributed by atoms with E-state index in [1.165, 1.54) is 103 Å². The summed E-state index contributed by atoms with van der Waals surface area (Å²) in [6, 6.07) is 0. The van der Waals surface area contributed by atoms with Crippen LogP contribution < -0.4 is 0 Å². The number of unbranched alkanes of at least 4 members (excludes halogenated alkanes) is 13. The van der Waals surface area contributed by atoms with Gasteiger partial charge < -0.3 is 0 Å². The van der Waals surface area contributed by atoms with Crippen LogP contribution >= 0.6 is 0 Å². The standard InChI is InChI=1S/C23H48/c1-6-7-8-9-10-11-12-13-14-15-16-17-18-19-20-22(2)21-23(3,4)5/h22H,6-21H2,1-5H3. The van der Waals surface area contributed by atoms with Gasteiger partial charge in [0.25, 0.3) is 0 Å². The van der Waals surface area contributed by atoms with Crippen molar-refractivity contribution in [3.05, 3.63) is 0 Å². The van der Waals surface area contributed by atoms with Gasteiger partial charge in [-0.2, -0.15) is 0 Å². The summed E-state index contributed by atoms with van der Waals surface area (Å²) < 4.78 is 0. The summed E-state index contributed by atoms with van der Waals surface area (Å²) in [5.74, 6) is 0.910. The Morgan fingerprint density at radius 1 is 0.565 bits per heavy atom. The Morgan fingerprint density at radius 2 is 0.913 bits per heavy atom. The molecule has 23 heavy (non-hydrogen) atoms. The van der Waals surface area contributed by atoms with Crippen molar-refractivity contribution in [1.29, 1.82) is 0 Å². The number of hydrogen-bond acceptors (Lipinski definition) is 0.